The number of anilines is 1. The maximum atomic E-state index is 12.9. The minimum atomic E-state index is -0.509. The van der Waals surface area contributed by atoms with E-state index in [1.165, 1.54) is 17.8 Å². The number of carbonyl (C=O) groups excluding carboxylic acids is 2. The minimum Gasteiger partial charge on any atom is -0.465 e. The first kappa shape index (κ1) is 21.6. The molecule has 2 aromatic carbocycles. The van der Waals surface area contributed by atoms with Crippen molar-refractivity contribution in [1.29, 1.82) is 0 Å². The highest BCUT2D eigenvalue weighted by Gasteiger charge is 2.25. The average Bonchev–Trinajstić information content (AvgIpc) is 3.33. The number of H-pyrrole nitrogens is 1. The van der Waals surface area contributed by atoms with Gasteiger partial charge in [-0.25, -0.2) is 4.79 Å². The number of fused-ring (bicyclic) bond motifs is 1. The number of halogens is 1. The molecule has 0 fully saturated rings. The molecular weight excluding hydrogens is 430 g/mol. The largest absolute Gasteiger partial charge is 0.465 e. The first-order valence-corrected chi connectivity index (χ1v) is 10.3. The number of hydrogen-bond acceptors (Lipinski definition) is 5. The summed E-state index contributed by atoms with van der Waals surface area (Å²) in [7, 11) is 1.29. The van der Waals surface area contributed by atoms with Gasteiger partial charge in [-0.15, -0.1) is 9.73 Å². The molecule has 0 atom stereocenters. The van der Waals surface area contributed by atoms with E-state index in [0.29, 0.717) is 38.9 Å². The Kier molecular flexibility index (Phi) is 5.48. The second-order valence-electron chi connectivity index (χ2n) is 8.30. The zero-order valence-electron chi connectivity index (χ0n) is 18.1. The van der Waals surface area contributed by atoms with Gasteiger partial charge in [0.2, 0.25) is 0 Å². The van der Waals surface area contributed by atoms with Gasteiger partial charge >= 0.3 is 5.97 Å². The van der Waals surface area contributed by atoms with E-state index < -0.39 is 5.97 Å². The summed E-state index contributed by atoms with van der Waals surface area (Å²) < 4.78 is 6.19. The highest BCUT2D eigenvalue weighted by molar-refractivity contribution is 6.34. The Labute approximate surface area is 189 Å². The molecule has 0 radical (unpaired) electrons. The van der Waals surface area contributed by atoms with Gasteiger partial charge in [0.15, 0.2) is 11.5 Å². The molecule has 4 rings (SSSR count). The Morgan fingerprint density at radius 2 is 1.78 bits per heavy atom. The third-order valence-corrected chi connectivity index (χ3v) is 5.29. The predicted molar refractivity (Wildman–Crippen MR) is 122 cm³/mol. The monoisotopic (exact) mass is 451 g/mol. The zero-order chi connectivity index (χ0) is 23.0. The predicted octanol–water partition coefficient (Wildman–Crippen LogP) is 4.71. The van der Waals surface area contributed by atoms with Crippen molar-refractivity contribution >= 4 is 34.8 Å². The summed E-state index contributed by atoms with van der Waals surface area (Å²) in [6, 6.07) is 13.6. The van der Waals surface area contributed by atoms with E-state index in [1.54, 1.807) is 24.3 Å². The van der Waals surface area contributed by atoms with Crippen LogP contribution in [0.3, 0.4) is 0 Å². The lowest BCUT2D eigenvalue weighted by molar-refractivity contribution is 0.0600. The van der Waals surface area contributed by atoms with Crippen LogP contribution in [0, 0.1) is 0 Å². The third-order valence-electron chi connectivity index (χ3n) is 4.93. The number of aromatic nitrogens is 4. The van der Waals surface area contributed by atoms with E-state index in [-0.39, 0.29) is 11.3 Å². The number of ether oxygens (including phenoxy) is 1. The van der Waals surface area contributed by atoms with E-state index in [9.17, 15) is 9.59 Å². The van der Waals surface area contributed by atoms with Crippen LogP contribution in [0.15, 0.2) is 48.5 Å². The summed E-state index contributed by atoms with van der Waals surface area (Å²) in [5, 5.41) is 12.4. The lowest BCUT2D eigenvalue weighted by Crippen LogP contribution is -2.14. The number of carbonyl (C=O) groups is 2. The number of nitrogens with zero attached hydrogens (tertiary/aromatic N) is 3. The van der Waals surface area contributed by atoms with Crippen LogP contribution in [-0.4, -0.2) is 38.8 Å². The molecule has 9 heteroatoms. The van der Waals surface area contributed by atoms with Crippen LogP contribution < -0.4 is 5.32 Å². The SMILES string of the molecule is COC(=O)c1cccc(C(=O)Nc2ccccc2-c2nn3nc(C(C)(C)C)c(Cl)c3[nH]2)c1. The molecule has 164 valence electrons. The molecule has 0 saturated heterocycles. The second-order valence-corrected chi connectivity index (χ2v) is 8.67. The lowest BCUT2D eigenvalue weighted by Gasteiger charge is -2.14. The average molecular weight is 452 g/mol. The third kappa shape index (κ3) is 3.97. The van der Waals surface area contributed by atoms with Crippen LogP contribution in [0.1, 0.15) is 47.2 Å². The molecule has 0 spiro atoms. The number of nitrogens with one attached hydrogen (secondary N) is 2. The first-order chi connectivity index (χ1) is 15.2. The van der Waals surface area contributed by atoms with Crippen molar-refractivity contribution in [3.05, 3.63) is 70.4 Å². The van der Waals surface area contributed by atoms with Gasteiger partial charge in [0, 0.05) is 16.5 Å². The summed E-state index contributed by atoms with van der Waals surface area (Å²) in [5.41, 5.74) is 2.94. The van der Waals surface area contributed by atoms with E-state index in [2.05, 4.69) is 20.5 Å². The summed E-state index contributed by atoms with van der Waals surface area (Å²) in [6.45, 7) is 6.09. The summed E-state index contributed by atoms with van der Waals surface area (Å²) >= 11 is 6.54. The molecular formula is C23H22ClN5O3. The summed E-state index contributed by atoms with van der Waals surface area (Å²) in [4.78, 5) is 27.8. The topological polar surface area (TPSA) is 101 Å². The fraction of sp³-hybridized carbons (Fsp3) is 0.217. The first-order valence-electron chi connectivity index (χ1n) is 9.93. The van der Waals surface area contributed by atoms with Crippen LogP contribution in [0.5, 0.6) is 0 Å². The van der Waals surface area contributed by atoms with Crippen LogP contribution in [-0.2, 0) is 10.2 Å². The van der Waals surface area contributed by atoms with Gasteiger partial charge in [-0.2, -0.15) is 5.10 Å². The number of rotatable bonds is 4. The van der Waals surface area contributed by atoms with Crippen LogP contribution in [0.25, 0.3) is 17.0 Å². The molecule has 0 aliphatic rings. The molecule has 2 aromatic heterocycles. The standard InChI is InChI=1S/C23H22ClN5O3/c1-23(2,3)18-17(24)20-26-19(28-29(20)27-18)15-10-5-6-11-16(15)25-21(30)13-8-7-9-14(12-13)22(31)32-4/h5-12H,1-4H3,(H,25,30)(H,26,28). The van der Waals surface area contributed by atoms with Gasteiger partial charge in [-0.05, 0) is 30.3 Å². The van der Waals surface area contributed by atoms with Crippen LogP contribution in [0.4, 0.5) is 5.69 Å². The molecule has 0 aliphatic carbocycles. The maximum absolute atomic E-state index is 12.9. The highest BCUT2D eigenvalue weighted by Crippen LogP contribution is 2.33. The van der Waals surface area contributed by atoms with E-state index in [4.69, 9.17) is 16.3 Å². The van der Waals surface area contributed by atoms with E-state index in [1.807, 2.05) is 39.0 Å². The van der Waals surface area contributed by atoms with Crippen molar-refractivity contribution in [3.8, 4) is 11.4 Å². The Balaban J connectivity index is 1.67. The molecule has 0 saturated carbocycles. The maximum Gasteiger partial charge on any atom is 0.337 e. The number of aromatic amines is 1. The summed E-state index contributed by atoms with van der Waals surface area (Å²) in [6.07, 6.45) is 0. The van der Waals surface area contributed by atoms with Crippen molar-refractivity contribution in [3.63, 3.8) is 0 Å². The van der Waals surface area contributed by atoms with Crippen LogP contribution >= 0.6 is 11.6 Å². The number of hydrogen-bond donors (Lipinski definition) is 2. The molecule has 2 heterocycles. The number of benzene rings is 2. The van der Waals surface area contributed by atoms with E-state index in [0.717, 1.165) is 5.69 Å². The highest BCUT2D eigenvalue weighted by atomic mass is 35.5. The smallest absolute Gasteiger partial charge is 0.337 e. The molecule has 8 nitrogen and oxygen atoms in total. The quantitative estimate of drug-likeness (QED) is 0.437. The molecule has 0 aliphatic heterocycles. The van der Waals surface area contributed by atoms with Crippen molar-refractivity contribution < 1.29 is 14.3 Å². The van der Waals surface area contributed by atoms with Crippen molar-refractivity contribution in [2.45, 2.75) is 26.2 Å². The van der Waals surface area contributed by atoms with E-state index >= 15 is 0 Å². The lowest BCUT2D eigenvalue weighted by atomic mass is 9.92. The number of esters is 1. The molecule has 0 unspecified atom stereocenters. The normalized spacial score (nSPS) is 11.5. The van der Waals surface area contributed by atoms with Gasteiger partial charge in [0.05, 0.1) is 24.1 Å². The van der Waals surface area contributed by atoms with Crippen molar-refractivity contribution in [1.82, 2.24) is 19.8 Å². The molecule has 32 heavy (non-hydrogen) atoms. The number of para-hydroxylation sites is 1. The molecule has 4 aromatic rings. The Bertz CT molecular complexity index is 1330. The zero-order valence-corrected chi connectivity index (χ0v) is 18.8. The van der Waals surface area contributed by atoms with Gasteiger partial charge in [0.25, 0.3) is 5.91 Å². The van der Waals surface area contributed by atoms with Gasteiger partial charge < -0.3 is 15.0 Å². The van der Waals surface area contributed by atoms with Gasteiger partial charge in [-0.1, -0.05) is 50.6 Å². The molecule has 0 bridgehead atoms. The fourth-order valence-electron chi connectivity index (χ4n) is 3.30. The summed E-state index contributed by atoms with van der Waals surface area (Å²) in [5.74, 6) is -0.368. The Morgan fingerprint density at radius 1 is 1.06 bits per heavy atom. The van der Waals surface area contributed by atoms with Crippen molar-refractivity contribution in [2.24, 2.45) is 0 Å². The number of amides is 1. The second kappa shape index (κ2) is 8.12. The minimum absolute atomic E-state index is 0.226. The van der Waals surface area contributed by atoms with Gasteiger partial charge in [-0.3, -0.25) is 4.79 Å². The molecule has 2 N–H and O–H groups in total. The Morgan fingerprint density at radius 3 is 2.47 bits per heavy atom. The Hall–Kier alpha value is -3.65. The van der Waals surface area contributed by atoms with Crippen molar-refractivity contribution in [2.75, 3.05) is 12.4 Å². The number of methoxy groups -OCH3 is 1. The van der Waals surface area contributed by atoms with Gasteiger partial charge in [0.1, 0.15) is 5.02 Å². The fourth-order valence-corrected chi connectivity index (χ4v) is 3.74. The molecule has 1 amide bonds. The van der Waals surface area contributed by atoms with Crippen LogP contribution in [0.2, 0.25) is 5.02 Å².